The molecule has 2 rings (SSSR count). The summed E-state index contributed by atoms with van der Waals surface area (Å²) in [7, 11) is 0. The molecule has 3 heteroatoms. The Labute approximate surface area is 82.9 Å². The second-order valence-corrected chi connectivity index (χ2v) is 3.72. The molecule has 2 nitrogen and oxygen atoms in total. The highest BCUT2D eigenvalue weighted by molar-refractivity contribution is 14.1. The first-order chi connectivity index (χ1) is 5.77. The molecule has 0 radical (unpaired) electrons. The fraction of sp³-hybridized carbons (Fsp3) is 0. The Bertz CT molecular complexity index is 475. The molecule has 0 aliphatic rings. The monoisotopic (exact) mass is 271 g/mol. The van der Waals surface area contributed by atoms with Gasteiger partial charge in [0.2, 0.25) is 0 Å². The number of nitrogens with one attached hydrogen (secondary N) is 1. The molecule has 0 saturated heterocycles. The largest absolute Gasteiger partial charge is 0.464 e. The minimum atomic E-state index is 0.507. The average Bonchev–Trinajstić information content (AvgIpc) is 2.04. The number of rotatable bonds is 0. The summed E-state index contributed by atoms with van der Waals surface area (Å²) in [6, 6.07) is 7.45. The van der Waals surface area contributed by atoms with Crippen LogP contribution in [-0.2, 0) is 0 Å². The van der Waals surface area contributed by atoms with Crippen LogP contribution in [-0.4, -0.2) is 0 Å². The summed E-state index contributed by atoms with van der Waals surface area (Å²) in [5.74, 6) is 0. The van der Waals surface area contributed by atoms with Crippen LogP contribution in [0.5, 0.6) is 0 Å². The second-order valence-electron chi connectivity index (χ2n) is 2.47. The van der Waals surface area contributed by atoms with Crippen LogP contribution in [0.2, 0.25) is 0 Å². The second kappa shape index (κ2) is 2.90. The summed E-state index contributed by atoms with van der Waals surface area (Å²) in [4.78, 5) is 0. The average molecular weight is 271 g/mol. The van der Waals surface area contributed by atoms with Gasteiger partial charge in [-0.1, -0.05) is 0 Å². The highest BCUT2D eigenvalue weighted by atomic mass is 127. The van der Waals surface area contributed by atoms with Gasteiger partial charge in [-0.15, -0.1) is 0 Å². The molecule has 0 amide bonds. The van der Waals surface area contributed by atoms with Crippen LogP contribution in [0.4, 0.5) is 0 Å². The normalized spacial score (nSPS) is 10.4. The van der Waals surface area contributed by atoms with Crippen LogP contribution in [0, 0.1) is 8.98 Å². The summed E-state index contributed by atoms with van der Waals surface area (Å²) < 4.78 is 6.37. The van der Waals surface area contributed by atoms with Crippen LogP contribution in [0.1, 0.15) is 0 Å². The third kappa shape index (κ3) is 1.24. The van der Waals surface area contributed by atoms with Crippen LogP contribution >= 0.6 is 22.6 Å². The maximum atomic E-state index is 7.57. The molecule has 0 aliphatic heterocycles. The SMILES string of the molecule is N=c1ccoc2cc(I)ccc12. The molecular weight excluding hydrogens is 265 g/mol. The van der Waals surface area contributed by atoms with E-state index in [1.807, 2.05) is 18.2 Å². The van der Waals surface area contributed by atoms with Crippen molar-refractivity contribution >= 4 is 33.6 Å². The first-order valence-corrected chi connectivity index (χ1v) is 4.57. The summed E-state index contributed by atoms with van der Waals surface area (Å²) in [5.41, 5.74) is 0.773. The van der Waals surface area contributed by atoms with E-state index in [0.717, 1.165) is 14.5 Å². The molecular formula is C9H6INO. The van der Waals surface area contributed by atoms with Crippen LogP contribution < -0.4 is 5.36 Å². The van der Waals surface area contributed by atoms with E-state index < -0.39 is 0 Å². The Kier molecular flexibility index (Phi) is 1.88. The van der Waals surface area contributed by atoms with Gasteiger partial charge >= 0.3 is 0 Å². The lowest BCUT2D eigenvalue weighted by molar-refractivity contribution is 0.601. The summed E-state index contributed by atoms with van der Waals surface area (Å²) >= 11 is 2.22. The lowest BCUT2D eigenvalue weighted by atomic mass is 10.2. The van der Waals surface area contributed by atoms with E-state index in [1.165, 1.54) is 0 Å². The molecule has 1 aromatic carbocycles. The molecule has 0 saturated carbocycles. The maximum absolute atomic E-state index is 7.57. The third-order valence-electron chi connectivity index (χ3n) is 1.66. The van der Waals surface area contributed by atoms with E-state index >= 15 is 0 Å². The third-order valence-corrected chi connectivity index (χ3v) is 2.33. The number of benzene rings is 1. The fourth-order valence-electron chi connectivity index (χ4n) is 1.08. The molecule has 60 valence electrons. The Hall–Kier alpha value is -0.840. The standard InChI is InChI=1S/C9H6INO/c10-6-1-2-7-8(11)3-4-12-9(7)5-6/h1-5,11H. The van der Waals surface area contributed by atoms with Gasteiger partial charge in [0.25, 0.3) is 0 Å². The number of hydrogen-bond donors (Lipinski definition) is 1. The Morgan fingerprint density at radius 2 is 2.08 bits per heavy atom. The summed E-state index contributed by atoms with van der Waals surface area (Å²) in [6.45, 7) is 0. The van der Waals surface area contributed by atoms with Crippen molar-refractivity contribution in [3.63, 3.8) is 0 Å². The highest BCUT2D eigenvalue weighted by Crippen LogP contribution is 2.13. The predicted molar refractivity (Wildman–Crippen MR) is 54.8 cm³/mol. The van der Waals surface area contributed by atoms with Gasteiger partial charge in [-0.3, -0.25) is 0 Å². The van der Waals surface area contributed by atoms with Crippen molar-refractivity contribution in [3.05, 3.63) is 39.5 Å². The van der Waals surface area contributed by atoms with E-state index in [0.29, 0.717) is 5.36 Å². The molecule has 1 N–H and O–H groups in total. The topological polar surface area (TPSA) is 37.0 Å². The molecule has 0 spiro atoms. The molecule has 0 atom stereocenters. The molecule has 12 heavy (non-hydrogen) atoms. The van der Waals surface area contributed by atoms with Crippen LogP contribution in [0.15, 0.2) is 34.9 Å². The number of hydrogen-bond acceptors (Lipinski definition) is 2. The van der Waals surface area contributed by atoms with Crippen molar-refractivity contribution in [3.8, 4) is 0 Å². The smallest absolute Gasteiger partial charge is 0.136 e. The zero-order valence-electron chi connectivity index (χ0n) is 6.17. The molecule has 0 aliphatic carbocycles. The van der Waals surface area contributed by atoms with Crippen molar-refractivity contribution in [2.75, 3.05) is 0 Å². The van der Waals surface area contributed by atoms with Crippen molar-refractivity contribution < 1.29 is 4.42 Å². The van der Waals surface area contributed by atoms with Gasteiger partial charge in [0.15, 0.2) is 0 Å². The van der Waals surface area contributed by atoms with Crippen molar-refractivity contribution in [2.45, 2.75) is 0 Å². The van der Waals surface area contributed by atoms with Crippen LogP contribution in [0.3, 0.4) is 0 Å². The van der Waals surface area contributed by atoms with E-state index in [-0.39, 0.29) is 0 Å². The predicted octanol–water partition coefficient (Wildman–Crippen LogP) is 2.52. The maximum Gasteiger partial charge on any atom is 0.136 e. The van der Waals surface area contributed by atoms with Crippen LogP contribution in [0.25, 0.3) is 11.0 Å². The van der Waals surface area contributed by atoms with E-state index in [1.54, 1.807) is 12.3 Å². The molecule has 0 bridgehead atoms. The van der Waals surface area contributed by atoms with E-state index in [4.69, 9.17) is 9.83 Å². The van der Waals surface area contributed by atoms with Gasteiger partial charge in [0.1, 0.15) is 5.58 Å². The van der Waals surface area contributed by atoms with E-state index in [2.05, 4.69) is 22.6 Å². The molecule has 0 fully saturated rings. The zero-order valence-corrected chi connectivity index (χ0v) is 8.33. The summed E-state index contributed by atoms with van der Waals surface area (Å²) in [5, 5.41) is 8.94. The van der Waals surface area contributed by atoms with Gasteiger partial charge in [-0.05, 0) is 46.9 Å². The number of halogens is 1. The van der Waals surface area contributed by atoms with Gasteiger partial charge in [-0.2, -0.15) is 0 Å². The Morgan fingerprint density at radius 1 is 1.25 bits per heavy atom. The summed E-state index contributed by atoms with van der Waals surface area (Å²) in [6.07, 6.45) is 1.54. The van der Waals surface area contributed by atoms with Crippen molar-refractivity contribution in [1.29, 1.82) is 5.41 Å². The van der Waals surface area contributed by atoms with Crippen molar-refractivity contribution in [1.82, 2.24) is 0 Å². The highest BCUT2D eigenvalue weighted by Gasteiger charge is 1.96. The Balaban J connectivity index is 2.96. The zero-order chi connectivity index (χ0) is 8.55. The minimum Gasteiger partial charge on any atom is -0.464 e. The first-order valence-electron chi connectivity index (χ1n) is 3.49. The van der Waals surface area contributed by atoms with Gasteiger partial charge in [0.05, 0.1) is 11.6 Å². The fourth-order valence-corrected chi connectivity index (χ4v) is 1.54. The molecule has 0 unspecified atom stereocenters. The first kappa shape index (κ1) is 7.79. The van der Waals surface area contributed by atoms with Crippen molar-refractivity contribution in [2.24, 2.45) is 0 Å². The molecule has 2 aromatic rings. The quantitative estimate of drug-likeness (QED) is 0.734. The Morgan fingerprint density at radius 3 is 2.92 bits per heavy atom. The minimum absolute atomic E-state index is 0.507. The van der Waals surface area contributed by atoms with Gasteiger partial charge in [-0.25, -0.2) is 0 Å². The van der Waals surface area contributed by atoms with Gasteiger partial charge in [0, 0.05) is 8.96 Å². The lowest BCUT2D eigenvalue weighted by Crippen LogP contribution is -1.97. The number of fused-ring (bicyclic) bond motifs is 1. The van der Waals surface area contributed by atoms with Gasteiger partial charge < -0.3 is 9.83 Å². The lowest BCUT2D eigenvalue weighted by Gasteiger charge is -1.96. The van der Waals surface area contributed by atoms with E-state index in [9.17, 15) is 0 Å². The molecule has 1 aromatic heterocycles. The molecule has 1 heterocycles.